The maximum atomic E-state index is 13.8. The van der Waals surface area contributed by atoms with Gasteiger partial charge in [-0.3, -0.25) is 0 Å². The summed E-state index contributed by atoms with van der Waals surface area (Å²) in [6.45, 7) is 3.93. The van der Waals surface area contributed by atoms with Crippen LogP contribution >= 0.6 is 0 Å². The van der Waals surface area contributed by atoms with E-state index in [1.807, 2.05) is 12.1 Å². The van der Waals surface area contributed by atoms with E-state index in [1.54, 1.807) is 19.1 Å². The summed E-state index contributed by atoms with van der Waals surface area (Å²) in [4.78, 5) is 0. The monoisotopic (exact) mass is 287 g/mol. The second-order valence-electron chi connectivity index (χ2n) is 5.29. The number of aryl methyl sites for hydroxylation is 1. The van der Waals surface area contributed by atoms with E-state index in [-0.39, 0.29) is 5.82 Å². The molecule has 0 saturated heterocycles. The molecule has 0 aliphatic carbocycles. The van der Waals surface area contributed by atoms with Crippen molar-refractivity contribution < 1.29 is 9.13 Å². The molecule has 1 atom stereocenters. The first-order valence-corrected chi connectivity index (χ1v) is 7.42. The summed E-state index contributed by atoms with van der Waals surface area (Å²) >= 11 is 0. The molecule has 2 aromatic carbocycles. The van der Waals surface area contributed by atoms with E-state index in [1.165, 1.54) is 24.5 Å². The molecule has 0 fully saturated rings. The van der Waals surface area contributed by atoms with Crippen LogP contribution in [0.4, 0.5) is 4.39 Å². The van der Waals surface area contributed by atoms with E-state index in [0.29, 0.717) is 17.1 Å². The van der Waals surface area contributed by atoms with Gasteiger partial charge >= 0.3 is 0 Å². The Morgan fingerprint density at radius 2 is 1.86 bits per heavy atom. The lowest BCUT2D eigenvalue weighted by atomic mass is 10.1. The number of benzene rings is 2. The smallest absolute Gasteiger partial charge is 0.135 e. The van der Waals surface area contributed by atoms with Gasteiger partial charge in [0.2, 0.25) is 0 Å². The molecule has 0 aromatic heterocycles. The van der Waals surface area contributed by atoms with Crippen LogP contribution in [-0.4, -0.2) is 0 Å². The van der Waals surface area contributed by atoms with Crippen LogP contribution in [-0.2, 0) is 6.42 Å². The molecular formula is C18H22FNO. The Labute approximate surface area is 125 Å². The lowest BCUT2D eigenvalue weighted by molar-refractivity contribution is 0.460. The molecule has 0 unspecified atom stereocenters. The molecular weight excluding hydrogens is 265 g/mol. The highest BCUT2D eigenvalue weighted by molar-refractivity contribution is 5.40. The molecule has 0 aliphatic heterocycles. The number of hydrogen-bond acceptors (Lipinski definition) is 2. The number of rotatable bonds is 6. The van der Waals surface area contributed by atoms with Crippen molar-refractivity contribution in [3.05, 3.63) is 59.4 Å². The summed E-state index contributed by atoms with van der Waals surface area (Å²) in [7, 11) is 0. The molecule has 0 radical (unpaired) electrons. The van der Waals surface area contributed by atoms with E-state index >= 15 is 0 Å². The minimum atomic E-state index is -0.412. The highest BCUT2D eigenvalue weighted by atomic mass is 19.1. The molecule has 21 heavy (non-hydrogen) atoms. The van der Waals surface area contributed by atoms with Crippen LogP contribution < -0.4 is 10.5 Å². The van der Waals surface area contributed by atoms with Gasteiger partial charge in [0, 0.05) is 11.6 Å². The van der Waals surface area contributed by atoms with Gasteiger partial charge in [0.1, 0.15) is 17.3 Å². The summed E-state index contributed by atoms with van der Waals surface area (Å²) in [5, 5.41) is 0. The first-order chi connectivity index (χ1) is 10.1. The van der Waals surface area contributed by atoms with Crippen LogP contribution in [0.1, 0.15) is 43.9 Å². The number of halogens is 1. The van der Waals surface area contributed by atoms with E-state index in [4.69, 9.17) is 10.5 Å². The van der Waals surface area contributed by atoms with Gasteiger partial charge in [-0.2, -0.15) is 0 Å². The van der Waals surface area contributed by atoms with Crippen molar-refractivity contribution in [3.8, 4) is 11.5 Å². The van der Waals surface area contributed by atoms with Crippen molar-refractivity contribution in [2.24, 2.45) is 5.73 Å². The van der Waals surface area contributed by atoms with Crippen molar-refractivity contribution in [2.45, 2.75) is 39.2 Å². The Morgan fingerprint density at radius 3 is 2.48 bits per heavy atom. The molecule has 2 aromatic rings. The Balaban J connectivity index is 2.17. The minimum Gasteiger partial charge on any atom is -0.457 e. The third kappa shape index (κ3) is 4.05. The highest BCUT2D eigenvalue weighted by Gasteiger charge is 2.14. The zero-order chi connectivity index (χ0) is 15.2. The fourth-order valence-electron chi connectivity index (χ4n) is 2.28. The van der Waals surface area contributed by atoms with Crippen molar-refractivity contribution in [1.29, 1.82) is 0 Å². The average molecular weight is 287 g/mol. The Hall–Kier alpha value is -1.87. The largest absolute Gasteiger partial charge is 0.457 e. The normalized spacial score (nSPS) is 12.2. The maximum Gasteiger partial charge on any atom is 0.135 e. The lowest BCUT2D eigenvalue weighted by Crippen LogP contribution is -2.09. The molecule has 3 heteroatoms. The third-order valence-corrected chi connectivity index (χ3v) is 3.44. The standard InChI is InChI=1S/C18H22FNO/c1-3-4-6-14-9-11-15(12-10-14)21-17-8-5-7-16(19)18(17)13(2)20/h5,7-13H,3-4,6,20H2,1-2H3/t13-/m0/s1. The van der Waals surface area contributed by atoms with E-state index in [2.05, 4.69) is 19.1 Å². The third-order valence-electron chi connectivity index (χ3n) is 3.44. The van der Waals surface area contributed by atoms with E-state index < -0.39 is 6.04 Å². The first kappa shape index (κ1) is 15.5. The first-order valence-electron chi connectivity index (χ1n) is 7.42. The Bertz CT molecular complexity index is 578. The SMILES string of the molecule is CCCCc1ccc(Oc2cccc(F)c2[C@H](C)N)cc1. The van der Waals surface area contributed by atoms with Crippen LogP contribution in [0.5, 0.6) is 11.5 Å². The summed E-state index contributed by atoms with van der Waals surface area (Å²) in [5.74, 6) is 0.844. The van der Waals surface area contributed by atoms with Crippen molar-refractivity contribution in [2.75, 3.05) is 0 Å². The molecule has 0 spiro atoms. The molecule has 0 heterocycles. The molecule has 0 bridgehead atoms. The number of unbranched alkanes of at least 4 members (excludes halogenated alkanes) is 1. The van der Waals surface area contributed by atoms with Crippen LogP contribution in [0.3, 0.4) is 0 Å². The van der Waals surface area contributed by atoms with Crippen molar-refractivity contribution in [3.63, 3.8) is 0 Å². The zero-order valence-electron chi connectivity index (χ0n) is 12.6. The van der Waals surface area contributed by atoms with E-state index in [9.17, 15) is 4.39 Å². The van der Waals surface area contributed by atoms with Gasteiger partial charge in [-0.1, -0.05) is 31.5 Å². The Kier molecular flexibility index (Phi) is 5.34. The van der Waals surface area contributed by atoms with Gasteiger partial charge in [-0.15, -0.1) is 0 Å². The van der Waals surface area contributed by atoms with Crippen LogP contribution in [0.25, 0.3) is 0 Å². The fourth-order valence-corrected chi connectivity index (χ4v) is 2.28. The van der Waals surface area contributed by atoms with Gasteiger partial charge in [0.25, 0.3) is 0 Å². The van der Waals surface area contributed by atoms with Gasteiger partial charge in [0.05, 0.1) is 0 Å². The maximum absolute atomic E-state index is 13.8. The Morgan fingerprint density at radius 1 is 1.14 bits per heavy atom. The van der Waals surface area contributed by atoms with Crippen molar-refractivity contribution >= 4 is 0 Å². The number of hydrogen-bond donors (Lipinski definition) is 1. The molecule has 0 amide bonds. The molecule has 112 valence electrons. The van der Waals surface area contributed by atoms with Crippen LogP contribution in [0.2, 0.25) is 0 Å². The van der Waals surface area contributed by atoms with E-state index in [0.717, 1.165) is 6.42 Å². The summed E-state index contributed by atoms with van der Waals surface area (Å²) in [6.07, 6.45) is 3.43. The highest BCUT2D eigenvalue weighted by Crippen LogP contribution is 2.30. The van der Waals surface area contributed by atoms with Crippen molar-refractivity contribution in [1.82, 2.24) is 0 Å². The summed E-state index contributed by atoms with van der Waals surface area (Å²) < 4.78 is 19.6. The molecule has 2 nitrogen and oxygen atoms in total. The van der Waals surface area contributed by atoms with Gasteiger partial charge in [-0.05, 0) is 49.6 Å². The minimum absolute atomic E-state index is 0.331. The molecule has 2 N–H and O–H groups in total. The zero-order valence-corrected chi connectivity index (χ0v) is 12.6. The molecule has 0 aliphatic rings. The molecule has 0 saturated carbocycles. The summed E-state index contributed by atoms with van der Waals surface area (Å²) in [5.41, 5.74) is 7.53. The number of nitrogens with two attached hydrogens (primary N) is 1. The lowest BCUT2D eigenvalue weighted by Gasteiger charge is -2.14. The predicted molar refractivity (Wildman–Crippen MR) is 84.1 cm³/mol. The van der Waals surface area contributed by atoms with Gasteiger partial charge in [-0.25, -0.2) is 4.39 Å². The second kappa shape index (κ2) is 7.23. The van der Waals surface area contributed by atoms with Crippen LogP contribution in [0.15, 0.2) is 42.5 Å². The average Bonchev–Trinajstić information content (AvgIpc) is 2.46. The fraction of sp³-hybridized carbons (Fsp3) is 0.333. The summed E-state index contributed by atoms with van der Waals surface area (Å²) in [6, 6.07) is 12.3. The predicted octanol–water partition coefficient (Wildman–Crippen LogP) is 4.98. The molecule has 2 rings (SSSR count). The van der Waals surface area contributed by atoms with Gasteiger partial charge in [0.15, 0.2) is 0 Å². The van der Waals surface area contributed by atoms with Gasteiger partial charge < -0.3 is 10.5 Å². The van der Waals surface area contributed by atoms with Crippen LogP contribution in [0, 0.1) is 5.82 Å². The quantitative estimate of drug-likeness (QED) is 0.813. The second-order valence-corrected chi connectivity index (χ2v) is 5.29. The number of ether oxygens (including phenoxy) is 1. The topological polar surface area (TPSA) is 35.2 Å².